The molecule has 20 heavy (non-hydrogen) atoms. The molecule has 2 heteroatoms. The molecule has 0 saturated carbocycles. The number of benzene rings is 2. The standard InChI is InChI=1S/C18H22N2/c1-20(2)13-14-5-7-15(8-6-14)16-9-10-18-17(12-16)4-3-11-19-18/h5-10,12,19H,3-4,11,13H2,1-2H3. The van der Waals surface area contributed by atoms with E-state index in [-0.39, 0.29) is 0 Å². The van der Waals surface area contributed by atoms with Crippen LogP contribution in [0.25, 0.3) is 11.1 Å². The fraction of sp³-hybridized carbons (Fsp3) is 0.333. The molecular formula is C18H22N2. The summed E-state index contributed by atoms with van der Waals surface area (Å²) in [6.07, 6.45) is 2.42. The average molecular weight is 266 g/mol. The van der Waals surface area contributed by atoms with Crippen molar-refractivity contribution in [3.63, 3.8) is 0 Å². The molecule has 0 unspecified atom stereocenters. The van der Waals surface area contributed by atoms with Crippen LogP contribution in [0.1, 0.15) is 17.5 Å². The third-order valence-electron chi connectivity index (χ3n) is 3.83. The Morgan fingerprint density at radius 2 is 1.75 bits per heavy atom. The van der Waals surface area contributed by atoms with E-state index < -0.39 is 0 Å². The van der Waals surface area contributed by atoms with Crippen LogP contribution in [0.3, 0.4) is 0 Å². The molecule has 0 aromatic heterocycles. The lowest BCUT2D eigenvalue weighted by atomic mass is 9.97. The highest BCUT2D eigenvalue weighted by molar-refractivity contribution is 5.69. The predicted molar refractivity (Wildman–Crippen MR) is 86.1 cm³/mol. The largest absolute Gasteiger partial charge is 0.385 e. The molecule has 0 amide bonds. The van der Waals surface area contributed by atoms with Gasteiger partial charge in [0, 0.05) is 18.8 Å². The number of anilines is 1. The molecule has 2 aromatic carbocycles. The second-order valence-electron chi connectivity index (χ2n) is 5.84. The van der Waals surface area contributed by atoms with Gasteiger partial charge in [-0.3, -0.25) is 0 Å². The molecular weight excluding hydrogens is 244 g/mol. The van der Waals surface area contributed by atoms with Crippen molar-refractivity contribution in [2.45, 2.75) is 19.4 Å². The Morgan fingerprint density at radius 3 is 2.50 bits per heavy atom. The molecule has 0 spiro atoms. The van der Waals surface area contributed by atoms with Gasteiger partial charge in [-0.1, -0.05) is 30.3 Å². The second-order valence-corrected chi connectivity index (χ2v) is 5.84. The second kappa shape index (κ2) is 5.68. The zero-order chi connectivity index (χ0) is 13.9. The van der Waals surface area contributed by atoms with E-state index in [9.17, 15) is 0 Å². The number of aryl methyl sites for hydroxylation is 1. The molecule has 0 atom stereocenters. The molecule has 2 aromatic rings. The van der Waals surface area contributed by atoms with Crippen LogP contribution in [0, 0.1) is 0 Å². The number of hydrogen-bond acceptors (Lipinski definition) is 2. The summed E-state index contributed by atoms with van der Waals surface area (Å²) >= 11 is 0. The third-order valence-corrected chi connectivity index (χ3v) is 3.83. The Balaban J connectivity index is 1.85. The van der Waals surface area contributed by atoms with E-state index in [0.29, 0.717) is 0 Å². The van der Waals surface area contributed by atoms with Gasteiger partial charge in [-0.25, -0.2) is 0 Å². The highest BCUT2D eigenvalue weighted by atomic mass is 15.0. The summed E-state index contributed by atoms with van der Waals surface area (Å²) in [4.78, 5) is 2.19. The van der Waals surface area contributed by atoms with E-state index in [1.165, 1.54) is 40.8 Å². The number of fused-ring (bicyclic) bond motifs is 1. The highest BCUT2D eigenvalue weighted by Gasteiger charge is 2.09. The molecule has 2 nitrogen and oxygen atoms in total. The summed E-state index contributed by atoms with van der Waals surface area (Å²) in [5.74, 6) is 0. The fourth-order valence-electron chi connectivity index (χ4n) is 2.82. The maximum atomic E-state index is 3.47. The molecule has 0 saturated heterocycles. The van der Waals surface area contributed by atoms with Crippen molar-refractivity contribution in [3.8, 4) is 11.1 Å². The van der Waals surface area contributed by atoms with Crippen molar-refractivity contribution >= 4 is 5.69 Å². The minimum Gasteiger partial charge on any atom is -0.385 e. The molecule has 0 radical (unpaired) electrons. The van der Waals surface area contributed by atoms with Crippen molar-refractivity contribution in [3.05, 3.63) is 53.6 Å². The third kappa shape index (κ3) is 2.86. The maximum absolute atomic E-state index is 3.47. The van der Waals surface area contributed by atoms with E-state index in [1.54, 1.807) is 0 Å². The first kappa shape index (κ1) is 13.2. The average Bonchev–Trinajstić information content (AvgIpc) is 2.47. The molecule has 1 N–H and O–H groups in total. The van der Waals surface area contributed by atoms with Crippen LogP contribution in [0.5, 0.6) is 0 Å². The molecule has 0 fully saturated rings. The lowest BCUT2D eigenvalue weighted by molar-refractivity contribution is 0.402. The van der Waals surface area contributed by atoms with Crippen LogP contribution in [-0.4, -0.2) is 25.5 Å². The van der Waals surface area contributed by atoms with Gasteiger partial charge < -0.3 is 10.2 Å². The van der Waals surface area contributed by atoms with E-state index in [2.05, 4.69) is 66.8 Å². The SMILES string of the molecule is CN(C)Cc1ccc(-c2ccc3c(c2)CCCN3)cc1. The van der Waals surface area contributed by atoms with Gasteiger partial charge in [0.15, 0.2) is 0 Å². The van der Waals surface area contributed by atoms with Crippen molar-refractivity contribution in [1.82, 2.24) is 4.90 Å². The Kier molecular flexibility index (Phi) is 3.75. The summed E-state index contributed by atoms with van der Waals surface area (Å²) in [6.45, 7) is 2.10. The Labute approximate surface area is 121 Å². The Morgan fingerprint density at radius 1 is 1.00 bits per heavy atom. The zero-order valence-electron chi connectivity index (χ0n) is 12.3. The predicted octanol–water partition coefficient (Wildman–Crippen LogP) is 3.77. The quantitative estimate of drug-likeness (QED) is 0.909. The lowest BCUT2D eigenvalue weighted by Crippen LogP contribution is -2.11. The first-order valence-electron chi connectivity index (χ1n) is 7.33. The van der Waals surface area contributed by atoms with Crippen LogP contribution in [0.4, 0.5) is 5.69 Å². The van der Waals surface area contributed by atoms with Crippen molar-refractivity contribution in [2.75, 3.05) is 26.0 Å². The molecule has 0 aliphatic carbocycles. The van der Waals surface area contributed by atoms with Crippen molar-refractivity contribution < 1.29 is 0 Å². The summed E-state index contributed by atoms with van der Waals surface area (Å²) in [7, 11) is 4.20. The summed E-state index contributed by atoms with van der Waals surface area (Å²) in [5, 5.41) is 3.47. The van der Waals surface area contributed by atoms with Gasteiger partial charge in [0.05, 0.1) is 0 Å². The van der Waals surface area contributed by atoms with Crippen LogP contribution >= 0.6 is 0 Å². The van der Waals surface area contributed by atoms with Crippen molar-refractivity contribution in [1.29, 1.82) is 0 Å². The molecule has 0 bridgehead atoms. The number of nitrogens with one attached hydrogen (secondary N) is 1. The van der Waals surface area contributed by atoms with Gasteiger partial charge in [-0.2, -0.15) is 0 Å². The van der Waals surface area contributed by atoms with Gasteiger partial charge in [0.2, 0.25) is 0 Å². The molecule has 1 aliphatic heterocycles. The molecule has 3 rings (SSSR count). The summed E-state index contributed by atoms with van der Waals surface area (Å²) in [5.41, 5.74) is 6.75. The zero-order valence-corrected chi connectivity index (χ0v) is 12.3. The molecule has 1 aliphatic rings. The molecule has 1 heterocycles. The van der Waals surface area contributed by atoms with E-state index in [4.69, 9.17) is 0 Å². The number of rotatable bonds is 3. The first-order valence-corrected chi connectivity index (χ1v) is 7.33. The summed E-state index contributed by atoms with van der Waals surface area (Å²) < 4.78 is 0. The van der Waals surface area contributed by atoms with E-state index in [1.807, 2.05) is 0 Å². The van der Waals surface area contributed by atoms with Gasteiger partial charge in [-0.05, 0) is 61.3 Å². The first-order chi connectivity index (χ1) is 9.72. The van der Waals surface area contributed by atoms with Crippen LogP contribution in [0.2, 0.25) is 0 Å². The van der Waals surface area contributed by atoms with Gasteiger partial charge in [0.25, 0.3) is 0 Å². The van der Waals surface area contributed by atoms with Gasteiger partial charge >= 0.3 is 0 Å². The smallest absolute Gasteiger partial charge is 0.0373 e. The van der Waals surface area contributed by atoms with E-state index >= 15 is 0 Å². The van der Waals surface area contributed by atoms with Gasteiger partial charge in [0.1, 0.15) is 0 Å². The minimum absolute atomic E-state index is 0.994. The summed E-state index contributed by atoms with van der Waals surface area (Å²) in [6, 6.07) is 15.7. The Hall–Kier alpha value is -1.80. The van der Waals surface area contributed by atoms with Crippen LogP contribution in [0.15, 0.2) is 42.5 Å². The highest BCUT2D eigenvalue weighted by Crippen LogP contribution is 2.28. The van der Waals surface area contributed by atoms with E-state index in [0.717, 1.165) is 13.1 Å². The lowest BCUT2D eigenvalue weighted by Gasteiger charge is -2.19. The topological polar surface area (TPSA) is 15.3 Å². The fourth-order valence-corrected chi connectivity index (χ4v) is 2.82. The van der Waals surface area contributed by atoms with Gasteiger partial charge in [-0.15, -0.1) is 0 Å². The number of hydrogen-bond donors (Lipinski definition) is 1. The van der Waals surface area contributed by atoms with Crippen LogP contribution in [-0.2, 0) is 13.0 Å². The monoisotopic (exact) mass is 266 g/mol. The maximum Gasteiger partial charge on any atom is 0.0373 e. The van der Waals surface area contributed by atoms with Crippen LogP contribution < -0.4 is 5.32 Å². The Bertz CT molecular complexity index is 585. The minimum atomic E-state index is 0.994. The molecule has 104 valence electrons. The number of nitrogens with zero attached hydrogens (tertiary/aromatic N) is 1. The van der Waals surface area contributed by atoms with Crippen molar-refractivity contribution in [2.24, 2.45) is 0 Å². The normalized spacial score (nSPS) is 13.9.